The first kappa shape index (κ1) is 14.3. The standard InChI is InChI=1S/C15H16Cl2N2/c1-3-18-15(12-5-4-8-19-10(12)2)13-9-11(16)6-7-14(13)17/h4-9,15,18H,3H2,1-2H3. The fraction of sp³-hybridized carbons (Fsp3) is 0.267. The molecule has 2 rings (SSSR count). The molecule has 0 saturated carbocycles. The zero-order valence-electron chi connectivity index (χ0n) is 11.0. The number of aromatic nitrogens is 1. The van der Waals surface area contributed by atoms with Gasteiger partial charge in [-0.15, -0.1) is 0 Å². The van der Waals surface area contributed by atoms with E-state index in [0.29, 0.717) is 10.0 Å². The van der Waals surface area contributed by atoms with E-state index in [2.05, 4.69) is 23.3 Å². The van der Waals surface area contributed by atoms with Gasteiger partial charge in [-0.2, -0.15) is 0 Å². The van der Waals surface area contributed by atoms with Crippen LogP contribution in [0.1, 0.15) is 29.8 Å². The number of halogens is 2. The Morgan fingerprint density at radius 1 is 1.21 bits per heavy atom. The summed E-state index contributed by atoms with van der Waals surface area (Å²) in [4.78, 5) is 4.34. The van der Waals surface area contributed by atoms with Gasteiger partial charge in [0.05, 0.1) is 6.04 Å². The molecule has 0 aliphatic carbocycles. The summed E-state index contributed by atoms with van der Waals surface area (Å²) in [6, 6.07) is 9.54. The van der Waals surface area contributed by atoms with Crippen molar-refractivity contribution in [2.75, 3.05) is 6.54 Å². The third-order valence-electron chi connectivity index (χ3n) is 3.04. The Bertz CT molecular complexity index is 570. The molecule has 0 spiro atoms. The van der Waals surface area contributed by atoms with Crippen LogP contribution in [0, 0.1) is 6.92 Å². The Labute approximate surface area is 123 Å². The Kier molecular flexibility index (Phi) is 4.81. The topological polar surface area (TPSA) is 24.9 Å². The van der Waals surface area contributed by atoms with E-state index in [4.69, 9.17) is 23.2 Å². The van der Waals surface area contributed by atoms with Gasteiger partial charge in [0.2, 0.25) is 0 Å². The van der Waals surface area contributed by atoms with Crippen LogP contribution in [0.25, 0.3) is 0 Å². The van der Waals surface area contributed by atoms with Crippen LogP contribution in [-0.2, 0) is 0 Å². The van der Waals surface area contributed by atoms with E-state index in [0.717, 1.165) is 23.4 Å². The molecule has 2 nitrogen and oxygen atoms in total. The van der Waals surface area contributed by atoms with Crippen LogP contribution >= 0.6 is 23.2 Å². The lowest BCUT2D eigenvalue weighted by Crippen LogP contribution is -2.23. The highest BCUT2D eigenvalue weighted by Gasteiger charge is 2.18. The minimum Gasteiger partial charge on any atom is -0.306 e. The van der Waals surface area contributed by atoms with E-state index in [-0.39, 0.29) is 6.04 Å². The maximum atomic E-state index is 6.31. The summed E-state index contributed by atoms with van der Waals surface area (Å²) in [5.41, 5.74) is 3.09. The highest BCUT2D eigenvalue weighted by Crippen LogP contribution is 2.31. The number of aryl methyl sites for hydroxylation is 1. The lowest BCUT2D eigenvalue weighted by Gasteiger charge is -2.21. The van der Waals surface area contributed by atoms with Gasteiger partial charge in [0, 0.05) is 21.9 Å². The second-order valence-electron chi connectivity index (χ2n) is 4.33. The maximum Gasteiger partial charge on any atom is 0.0609 e. The summed E-state index contributed by atoms with van der Waals surface area (Å²) < 4.78 is 0. The van der Waals surface area contributed by atoms with E-state index in [1.54, 1.807) is 12.3 Å². The van der Waals surface area contributed by atoms with Crippen molar-refractivity contribution in [3.05, 3.63) is 63.4 Å². The molecule has 1 unspecified atom stereocenters. The van der Waals surface area contributed by atoms with Gasteiger partial charge < -0.3 is 5.32 Å². The number of benzene rings is 1. The molecule has 0 aliphatic heterocycles. The maximum absolute atomic E-state index is 6.31. The van der Waals surface area contributed by atoms with Crippen LogP contribution in [0.2, 0.25) is 10.0 Å². The number of rotatable bonds is 4. The van der Waals surface area contributed by atoms with Gasteiger partial charge in [0.25, 0.3) is 0 Å². The third kappa shape index (κ3) is 3.27. The zero-order valence-corrected chi connectivity index (χ0v) is 12.5. The predicted octanol–water partition coefficient (Wildman–Crippen LogP) is 4.40. The van der Waals surface area contributed by atoms with Gasteiger partial charge in [-0.1, -0.05) is 36.2 Å². The van der Waals surface area contributed by atoms with Gasteiger partial charge in [0.15, 0.2) is 0 Å². The van der Waals surface area contributed by atoms with Crippen LogP contribution in [0.5, 0.6) is 0 Å². The molecule has 19 heavy (non-hydrogen) atoms. The molecule has 0 saturated heterocycles. The molecule has 1 N–H and O–H groups in total. The molecule has 1 atom stereocenters. The summed E-state index contributed by atoms with van der Waals surface area (Å²) in [7, 11) is 0. The molecular formula is C15H16Cl2N2. The molecule has 0 bridgehead atoms. The fourth-order valence-corrected chi connectivity index (χ4v) is 2.54. The smallest absolute Gasteiger partial charge is 0.0609 e. The Hall–Kier alpha value is -1.09. The molecule has 1 aromatic carbocycles. The Morgan fingerprint density at radius 2 is 2.00 bits per heavy atom. The van der Waals surface area contributed by atoms with E-state index in [1.165, 1.54) is 0 Å². The first-order chi connectivity index (χ1) is 9.13. The van der Waals surface area contributed by atoms with Crippen LogP contribution in [-0.4, -0.2) is 11.5 Å². The third-order valence-corrected chi connectivity index (χ3v) is 3.62. The normalized spacial score (nSPS) is 12.4. The molecular weight excluding hydrogens is 279 g/mol. The average Bonchev–Trinajstić information content (AvgIpc) is 2.40. The van der Waals surface area contributed by atoms with Gasteiger partial charge in [0.1, 0.15) is 0 Å². The predicted molar refractivity (Wildman–Crippen MR) is 81.0 cm³/mol. The molecule has 100 valence electrons. The second kappa shape index (κ2) is 6.38. The fourth-order valence-electron chi connectivity index (χ4n) is 2.13. The van der Waals surface area contributed by atoms with Crippen LogP contribution in [0.4, 0.5) is 0 Å². The average molecular weight is 295 g/mol. The second-order valence-corrected chi connectivity index (χ2v) is 5.18. The summed E-state index contributed by atoms with van der Waals surface area (Å²) in [5.74, 6) is 0. The van der Waals surface area contributed by atoms with Crippen molar-refractivity contribution in [1.29, 1.82) is 0 Å². The van der Waals surface area contributed by atoms with Crippen LogP contribution in [0.15, 0.2) is 36.5 Å². The van der Waals surface area contributed by atoms with Crippen molar-refractivity contribution in [3.63, 3.8) is 0 Å². The van der Waals surface area contributed by atoms with Gasteiger partial charge in [-0.25, -0.2) is 0 Å². The van der Waals surface area contributed by atoms with Crippen molar-refractivity contribution in [2.45, 2.75) is 19.9 Å². The zero-order chi connectivity index (χ0) is 13.8. The minimum atomic E-state index is 0.00454. The number of nitrogens with one attached hydrogen (secondary N) is 1. The van der Waals surface area contributed by atoms with Gasteiger partial charge in [-0.3, -0.25) is 4.98 Å². The van der Waals surface area contributed by atoms with E-state index in [9.17, 15) is 0 Å². The van der Waals surface area contributed by atoms with Crippen LogP contribution in [0.3, 0.4) is 0 Å². The molecule has 0 aliphatic rings. The van der Waals surface area contributed by atoms with E-state index < -0.39 is 0 Å². The molecule has 0 fully saturated rings. The SMILES string of the molecule is CCNC(c1cc(Cl)ccc1Cl)c1cccnc1C. The number of pyridine rings is 1. The number of nitrogens with zero attached hydrogens (tertiary/aromatic N) is 1. The Balaban J connectivity index is 2.51. The Morgan fingerprint density at radius 3 is 2.68 bits per heavy atom. The summed E-state index contributed by atoms with van der Waals surface area (Å²) in [5, 5.41) is 4.83. The molecule has 0 amide bonds. The largest absolute Gasteiger partial charge is 0.306 e. The quantitative estimate of drug-likeness (QED) is 0.904. The van der Waals surface area contributed by atoms with Crippen molar-refractivity contribution < 1.29 is 0 Å². The van der Waals surface area contributed by atoms with Gasteiger partial charge in [-0.05, 0) is 48.9 Å². The summed E-state index contributed by atoms with van der Waals surface area (Å²) in [6.07, 6.45) is 1.79. The number of hydrogen-bond donors (Lipinski definition) is 1. The minimum absolute atomic E-state index is 0.00454. The first-order valence-electron chi connectivity index (χ1n) is 6.23. The van der Waals surface area contributed by atoms with Crippen molar-refractivity contribution in [1.82, 2.24) is 10.3 Å². The van der Waals surface area contributed by atoms with Crippen LogP contribution < -0.4 is 5.32 Å². The highest BCUT2D eigenvalue weighted by atomic mass is 35.5. The molecule has 0 radical (unpaired) electrons. The molecule has 2 aromatic rings. The lowest BCUT2D eigenvalue weighted by molar-refractivity contribution is 0.625. The molecule has 1 heterocycles. The molecule has 4 heteroatoms. The summed E-state index contributed by atoms with van der Waals surface area (Å²) >= 11 is 12.4. The van der Waals surface area contributed by atoms with E-state index >= 15 is 0 Å². The van der Waals surface area contributed by atoms with E-state index in [1.807, 2.05) is 25.1 Å². The van der Waals surface area contributed by atoms with Crippen molar-refractivity contribution in [2.24, 2.45) is 0 Å². The van der Waals surface area contributed by atoms with Crippen molar-refractivity contribution >= 4 is 23.2 Å². The monoisotopic (exact) mass is 294 g/mol. The van der Waals surface area contributed by atoms with Gasteiger partial charge >= 0.3 is 0 Å². The molecule has 1 aromatic heterocycles. The number of hydrogen-bond acceptors (Lipinski definition) is 2. The lowest BCUT2D eigenvalue weighted by atomic mass is 9.97. The highest BCUT2D eigenvalue weighted by molar-refractivity contribution is 6.33. The van der Waals surface area contributed by atoms with Crippen molar-refractivity contribution in [3.8, 4) is 0 Å². The first-order valence-corrected chi connectivity index (χ1v) is 6.99. The summed E-state index contributed by atoms with van der Waals surface area (Å²) in [6.45, 7) is 4.90.